The Morgan fingerprint density at radius 1 is 1.04 bits per heavy atom. The van der Waals surface area contributed by atoms with Gasteiger partial charge in [0.15, 0.2) is 0 Å². The van der Waals surface area contributed by atoms with Crippen LogP contribution in [0.2, 0.25) is 0 Å². The highest BCUT2D eigenvalue weighted by molar-refractivity contribution is 7.89. The Morgan fingerprint density at radius 2 is 1.52 bits per heavy atom. The number of ether oxygens (including phenoxy) is 1. The van der Waals surface area contributed by atoms with Gasteiger partial charge in [0.2, 0.25) is 10.0 Å². The average molecular weight is 341 g/mol. The van der Waals surface area contributed by atoms with Crippen LogP contribution in [0.15, 0.2) is 29.2 Å². The van der Waals surface area contributed by atoms with E-state index in [0.29, 0.717) is 18.7 Å². The van der Waals surface area contributed by atoms with Crippen molar-refractivity contribution in [1.82, 2.24) is 4.31 Å². The topological polar surface area (TPSA) is 63.7 Å². The van der Waals surface area contributed by atoms with Gasteiger partial charge in [0.05, 0.1) is 10.5 Å². The maximum atomic E-state index is 12.6. The van der Waals surface area contributed by atoms with Crippen LogP contribution in [0.4, 0.5) is 0 Å². The zero-order valence-electron chi connectivity index (χ0n) is 14.6. The molecular formula is C17H27NO4S. The summed E-state index contributed by atoms with van der Waals surface area (Å²) in [7, 11) is -3.52. The molecule has 0 unspecified atom stereocenters. The standard InChI is InChI=1S/C17H27NO4S/c1-6-12-18(13-7-2)23(20,21)15-10-8-14(9-11-15)16(19)22-17(3,4)5/h8-11H,6-7,12-13H2,1-5H3. The molecular weight excluding hydrogens is 314 g/mol. The van der Waals surface area contributed by atoms with Crippen LogP contribution in [0, 0.1) is 0 Å². The van der Waals surface area contributed by atoms with E-state index in [1.807, 2.05) is 13.8 Å². The molecule has 1 rings (SSSR count). The molecule has 1 aromatic rings. The molecule has 0 saturated carbocycles. The predicted octanol–water partition coefficient (Wildman–Crippen LogP) is 3.45. The van der Waals surface area contributed by atoms with E-state index >= 15 is 0 Å². The Bertz CT molecular complexity index is 609. The fourth-order valence-electron chi connectivity index (χ4n) is 2.10. The Kier molecular flexibility index (Phi) is 6.77. The Labute approximate surface area is 139 Å². The van der Waals surface area contributed by atoms with Crippen molar-refractivity contribution >= 4 is 16.0 Å². The molecule has 130 valence electrons. The summed E-state index contributed by atoms with van der Waals surface area (Å²) in [5.74, 6) is -0.458. The van der Waals surface area contributed by atoms with Crippen molar-refractivity contribution in [3.63, 3.8) is 0 Å². The van der Waals surface area contributed by atoms with Crippen molar-refractivity contribution < 1.29 is 17.9 Å². The van der Waals surface area contributed by atoms with E-state index in [1.54, 1.807) is 20.8 Å². The number of hydrogen-bond acceptors (Lipinski definition) is 4. The zero-order chi connectivity index (χ0) is 17.7. The SMILES string of the molecule is CCCN(CCC)S(=O)(=O)c1ccc(C(=O)OC(C)(C)C)cc1. The highest BCUT2D eigenvalue weighted by Crippen LogP contribution is 2.19. The number of carbonyl (C=O) groups is 1. The molecule has 1 aromatic carbocycles. The molecule has 0 amide bonds. The van der Waals surface area contributed by atoms with Gasteiger partial charge in [-0.2, -0.15) is 4.31 Å². The largest absolute Gasteiger partial charge is 0.456 e. The lowest BCUT2D eigenvalue weighted by Crippen LogP contribution is -2.32. The highest BCUT2D eigenvalue weighted by atomic mass is 32.2. The highest BCUT2D eigenvalue weighted by Gasteiger charge is 2.24. The van der Waals surface area contributed by atoms with E-state index in [0.717, 1.165) is 12.8 Å². The minimum absolute atomic E-state index is 0.201. The Balaban J connectivity index is 3.00. The van der Waals surface area contributed by atoms with E-state index in [1.165, 1.54) is 28.6 Å². The summed E-state index contributed by atoms with van der Waals surface area (Å²) in [4.78, 5) is 12.2. The number of carbonyl (C=O) groups excluding carboxylic acids is 1. The van der Waals surface area contributed by atoms with Gasteiger partial charge in [-0.25, -0.2) is 13.2 Å². The predicted molar refractivity (Wildman–Crippen MR) is 91.0 cm³/mol. The van der Waals surface area contributed by atoms with Gasteiger partial charge in [-0.1, -0.05) is 13.8 Å². The van der Waals surface area contributed by atoms with Gasteiger partial charge in [-0.3, -0.25) is 0 Å². The van der Waals surface area contributed by atoms with Crippen molar-refractivity contribution in [2.75, 3.05) is 13.1 Å². The molecule has 23 heavy (non-hydrogen) atoms. The van der Waals surface area contributed by atoms with E-state index < -0.39 is 21.6 Å². The monoisotopic (exact) mass is 341 g/mol. The van der Waals surface area contributed by atoms with Crippen molar-refractivity contribution in [1.29, 1.82) is 0 Å². The summed E-state index contributed by atoms with van der Waals surface area (Å²) in [6.45, 7) is 10.2. The summed E-state index contributed by atoms with van der Waals surface area (Å²) < 4.78 is 32.0. The van der Waals surface area contributed by atoms with Crippen molar-refractivity contribution in [2.45, 2.75) is 58.0 Å². The molecule has 6 heteroatoms. The molecule has 5 nitrogen and oxygen atoms in total. The third-order valence-corrected chi connectivity index (χ3v) is 4.99. The molecule has 0 fully saturated rings. The van der Waals surface area contributed by atoms with Gasteiger partial charge in [0, 0.05) is 13.1 Å². The quantitative estimate of drug-likeness (QED) is 0.713. The fraction of sp³-hybridized carbons (Fsp3) is 0.588. The first kappa shape index (κ1) is 19.6. The van der Waals surface area contributed by atoms with E-state index in [-0.39, 0.29) is 4.90 Å². The van der Waals surface area contributed by atoms with Crippen LogP contribution in [-0.2, 0) is 14.8 Å². The minimum atomic E-state index is -3.52. The second-order valence-corrected chi connectivity index (χ2v) is 8.37. The van der Waals surface area contributed by atoms with Gasteiger partial charge in [-0.15, -0.1) is 0 Å². The number of rotatable bonds is 7. The van der Waals surface area contributed by atoms with Crippen LogP contribution < -0.4 is 0 Å². The van der Waals surface area contributed by atoms with Gasteiger partial charge in [0.25, 0.3) is 0 Å². The number of nitrogens with zero attached hydrogens (tertiary/aromatic N) is 1. The molecule has 0 N–H and O–H groups in total. The zero-order valence-corrected chi connectivity index (χ0v) is 15.4. The summed E-state index contributed by atoms with van der Waals surface area (Å²) in [5.41, 5.74) is -0.239. The average Bonchev–Trinajstić information content (AvgIpc) is 2.45. The molecule has 0 aliphatic heterocycles. The molecule has 0 aliphatic rings. The number of hydrogen-bond donors (Lipinski definition) is 0. The Hall–Kier alpha value is -1.40. The molecule has 0 bridgehead atoms. The number of benzene rings is 1. The molecule has 0 saturated heterocycles. The lowest BCUT2D eigenvalue weighted by Gasteiger charge is -2.21. The van der Waals surface area contributed by atoms with Gasteiger partial charge < -0.3 is 4.74 Å². The first-order valence-electron chi connectivity index (χ1n) is 7.95. The number of sulfonamides is 1. The maximum Gasteiger partial charge on any atom is 0.338 e. The van der Waals surface area contributed by atoms with Crippen LogP contribution in [0.3, 0.4) is 0 Å². The van der Waals surface area contributed by atoms with Crippen LogP contribution in [0.25, 0.3) is 0 Å². The summed E-state index contributed by atoms with van der Waals surface area (Å²) in [5, 5.41) is 0. The molecule has 0 radical (unpaired) electrons. The van der Waals surface area contributed by atoms with E-state index in [4.69, 9.17) is 4.74 Å². The summed E-state index contributed by atoms with van der Waals surface area (Å²) >= 11 is 0. The second kappa shape index (κ2) is 7.93. The van der Waals surface area contributed by atoms with Crippen LogP contribution in [0.1, 0.15) is 57.8 Å². The Morgan fingerprint density at radius 3 is 1.91 bits per heavy atom. The molecule has 0 spiro atoms. The van der Waals surface area contributed by atoms with Crippen molar-refractivity contribution in [2.24, 2.45) is 0 Å². The summed E-state index contributed by atoms with van der Waals surface area (Å²) in [6, 6.07) is 5.92. The molecule has 0 heterocycles. The third kappa shape index (κ3) is 5.62. The fourth-order valence-corrected chi connectivity index (χ4v) is 3.72. The smallest absolute Gasteiger partial charge is 0.338 e. The maximum absolute atomic E-state index is 12.6. The van der Waals surface area contributed by atoms with Gasteiger partial charge in [-0.05, 0) is 57.9 Å². The first-order chi connectivity index (χ1) is 10.6. The minimum Gasteiger partial charge on any atom is -0.456 e. The van der Waals surface area contributed by atoms with Crippen LogP contribution in [0.5, 0.6) is 0 Å². The van der Waals surface area contributed by atoms with Crippen LogP contribution in [-0.4, -0.2) is 37.4 Å². The van der Waals surface area contributed by atoms with Gasteiger partial charge in [0.1, 0.15) is 5.60 Å². The van der Waals surface area contributed by atoms with Gasteiger partial charge >= 0.3 is 5.97 Å². The molecule has 0 aliphatic carbocycles. The lowest BCUT2D eigenvalue weighted by molar-refractivity contribution is 0.00694. The van der Waals surface area contributed by atoms with Crippen LogP contribution >= 0.6 is 0 Å². The normalized spacial score (nSPS) is 12.4. The molecule has 0 atom stereocenters. The number of esters is 1. The summed E-state index contributed by atoms with van der Waals surface area (Å²) in [6.07, 6.45) is 1.52. The van der Waals surface area contributed by atoms with E-state index in [2.05, 4.69) is 0 Å². The molecule has 0 aromatic heterocycles. The van der Waals surface area contributed by atoms with E-state index in [9.17, 15) is 13.2 Å². The second-order valence-electron chi connectivity index (χ2n) is 6.43. The third-order valence-electron chi connectivity index (χ3n) is 3.07. The van der Waals surface area contributed by atoms with Crippen molar-refractivity contribution in [3.05, 3.63) is 29.8 Å². The lowest BCUT2D eigenvalue weighted by atomic mass is 10.2. The first-order valence-corrected chi connectivity index (χ1v) is 9.39. The van der Waals surface area contributed by atoms with Crippen molar-refractivity contribution in [3.8, 4) is 0 Å².